The van der Waals surface area contributed by atoms with Gasteiger partial charge in [-0.15, -0.1) is 0 Å². The monoisotopic (exact) mass is 306 g/mol. The Balaban J connectivity index is 2.35. The van der Waals surface area contributed by atoms with Crippen LogP contribution in [-0.2, 0) is 0 Å². The number of nitrogens with zero attached hydrogens (tertiary/aromatic N) is 2. The van der Waals surface area contributed by atoms with Gasteiger partial charge in [0.15, 0.2) is 5.96 Å². The van der Waals surface area contributed by atoms with Crippen molar-refractivity contribution in [2.45, 2.75) is 33.1 Å². The van der Waals surface area contributed by atoms with Crippen molar-refractivity contribution in [3.8, 4) is 5.75 Å². The van der Waals surface area contributed by atoms with Crippen molar-refractivity contribution in [2.75, 3.05) is 38.6 Å². The fraction of sp³-hybridized carbons (Fsp3) is 0.588. The van der Waals surface area contributed by atoms with E-state index in [1.165, 1.54) is 12.8 Å². The Morgan fingerprint density at radius 2 is 1.95 bits per heavy atom. The first kappa shape index (κ1) is 18.3. The Morgan fingerprint density at radius 1 is 1.23 bits per heavy atom. The predicted molar refractivity (Wildman–Crippen MR) is 94.7 cm³/mol. The SMILES string of the molecule is CCCN(CCC)CCCN=C(N)Nc1cccc(OC)c1. The number of methoxy groups -OCH3 is 1. The van der Waals surface area contributed by atoms with Gasteiger partial charge < -0.3 is 20.7 Å². The van der Waals surface area contributed by atoms with Crippen molar-refractivity contribution < 1.29 is 4.74 Å². The average molecular weight is 306 g/mol. The maximum absolute atomic E-state index is 5.92. The predicted octanol–water partition coefficient (Wildman–Crippen LogP) is 2.93. The first-order valence-corrected chi connectivity index (χ1v) is 8.13. The highest BCUT2D eigenvalue weighted by Crippen LogP contribution is 2.16. The summed E-state index contributed by atoms with van der Waals surface area (Å²) in [7, 11) is 1.65. The van der Waals surface area contributed by atoms with Crippen molar-refractivity contribution in [1.29, 1.82) is 0 Å². The van der Waals surface area contributed by atoms with Crippen molar-refractivity contribution in [2.24, 2.45) is 10.7 Å². The lowest BCUT2D eigenvalue weighted by molar-refractivity contribution is 0.273. The van der Waals surface area contributed by atoms with E-state index in [1.54, 1.807) is 7.11 Å². The summed E-state index contributed by atoms with van der Waals surface area (Å²) in [5.41, 5.74) is 6.80. The second-order valence-electron chi connectivity index (χ2n) is 5.32. The maximum atomic E-state index is 5.92. The first-order valence-electron chi connectivity index (χ1n) is 8.13. The highest BCUT2D eigenvalue weighted by molar-refractivity contribution is 5.92. The molecule has 1 rings (SSSR count). The summed E-state index contributed by atoms with van der Waals surface area (Å²) < 4.78 is 5.18. The van der Waals surface area contributed by atoms with Crippen LogP contribution in [0.1, 0.15) is 33.1 Å². The van der Waals surface area contributed by atoms with Gasteiger partial charge in [-0.25, -0.2) is 0 Å². The summed E-state index contributed by atoms with van der Waals surface area (Å²) >= 11 is 0. The molecule has 0 aliphatic heterocycles. The number of anilines is 1. The highest BCUT2D eigenvalue weighted by atomic mass is 16.5. The summed E-state index contributed by atoms with van der Waals surface area (Å²) in [5.74, 6) is 1.25. The van der Waals surface area contributed by atoms with E-state index < -0.39 is 0 Å². The van der Waals surface area contributed by atoms with Gasteiger partial charge in [-0.2, -0.15) is 0 Å². The molecule has 0 heterocycles. The van der Waals surface area contributed by atoms with E-state index in [0.717, 1.165) is 44.0 Å². The zero-order chi connectivity index (χ0) is 16.2. The Morgan fingerprint density at radius 3 is 2.59 bits per heavy atom. The lowest BCUT2D eigenvalue weighted by Gasteiger charge is -2.20. The third kappa shape index (κ3) is 7.31. The molecule has 3 N–H and O–H groups in total. The number of nitrogens with one attached hydrogen (secondary N) is 1. The molecule has 0 spiro atoms. The molecular formula is C17H30N4O. The molecule has 0 unspecified atom stereocenters. The van der Waals surface area contributed by atoms with E-state index in [4.69, 9.17) is 10.5 Å². The minimum Gasteiger partial charge on any atom is -0.497 e. The third-order valence-electron chi connectivity index (χ3n) is 3.34. The van der Waals surface area contributed by atoms with Gasteiger partial charge >= 0.3 is 0 Å². The molecule has 5 heteroatoms. The first-order chi connectivity index (χ1) is 10.7. The van der Waals surface area contributed by atoms with Crippen molar-refractivity contribution >= 4 is 11.6 Å². The summed E-state index contributed by atoms with van der Waals surface area (Å²) in [6, 6.07) is 7.65. The van der Waals surface area contributed by atoms with Crippen LogP contribution in [0.4, 0.5) is 5.69 Å². The smallest absolute Gasteiger partial charge is 0.193 e. The van der Waals surface area contributed by atoms with Gasteiger partial charge in [0.25, 0.3) is 0 Å². The summed E-state index contributed by atoms with van der Waals surface area (Å²) in [6.45, 7) is 8.59. The second-order valence-corrected chi connectivity index (χ2v) is 5.32. The molecule has 22 heavy (non-hydrogen) atoms. The number of ether oxygens (including phenoxy) is 1. The van der Waals surface area contributed by atoms with Gasteiger partial charge in [-0.3, -0.25) is 4.99 Å². The zero-order valence-corrected chi connectivity index (χ0v) is 14.1. The van der Waals surface area contributed by atoms with Crippen LogP contribution in [0.2, 0.25) is 0 Å². The molecule has 0 fully saturated rings. The van der Waals surface area contributed by atoms with E-state index in [0.29, 0.717) is 5.96 Å². The molecule has 0 radical (unpaired) electrons. The number of benzene rings is 1. The lowest BCUT2D eigenvalue weighted by Crippen LogP contribution is -2.27. The molecule has 0 saturated heterocycles. The number of hydrogen-bond donors (Lipinski definition) is 2. The third-order valence-corrected chi connectivity index (χ3v) is 3.34. The van der Waals surface area contributed by atoms with E-state index in [1.807, 2.05) is 24.3 Å². The fourth-order valence-corrected chi connectivity index (χ4v) is 2.35. The van der Waals surface area contributed by atoms with Gasteiger partial charge in [-0.1, -0.05) is 19.9 Å². The molecule has 0 atom stereocenters. The topological polar surface area (TPSA) is 62.9 Å². The second kappa shape index (κ2) is 10.9. The van der Waals surface area contributed by atoms with Crippen LogP contribution in [0.25, 0.3) is 0 Å². The number of hydrogen-bond acceptors (Lipinski definition) is 3. The molecule has 0 aromatic heterocycles. The Labute approximate surface area is 134 Å². The zero-order valence-electron chi connectivity index (χ0n) is 14.1. The van der Waals surface area contributed by atoms with Gasteiger partial charge in [0.2, 0.25) is 0 Å². The number of rotatable bonds is 10. The van der Waals surface area contributed by atoms with Gasteiger partial charge in [0.05, 0.1) is 7.11 Å². The normalized spacial score (nSPS) is 11.7. The minimum absolute atomic E-state index is 0.450. The fourth-order valence-electron chi connectivity index (χ4n) is 2.35. The largest absolute Gasteiger partial charge is 0.497 e. The van der Waals surface area contributed by atoms with Crippen LogP contribution in [-0.4, -0.2) is 44.1 Å². The molecule has 1 aromatic rings. The van der Waals surface area contributed by atoms with Crippen LogP contribution in [0.5, 0.6) is 5.75 Å². The minimum atomic E-state index is 0.450. The average Bonchev–Trinajstić information content (AvgIpc) is 2.52. The molecule has 0 aliphatic rings. The van der Waals surface area contributed by atoms with Gasteiger partial charge in [0.1, 0.15) is 5.75 Å². The van der Waals surface area contributed by atoms with Crippen molar-refractivity contribution in [3.63, 3.8) is 0 Å². The maximum Gasteiger partial charge on any atom is 0.193 e. The molecule has 5 nitrogen and oxygen atoms in total. The van der Waals surface area contributed by atoms with Crippen molar-refractivity contribution in [3.05, 3.63) is 24.3 Å². The van der Waals surface area contributed by atoms with Crippen LogP contribution < -0.4 is 15.8 Å². The van der Waals surface area contributed by atoms with E-state index in [-0.39, 0.29) is 0 Å². The van der Waals surface area contributed by atoms with Crippen molar-refractivity contribution in [1.82, 2.24) is 4.90 Å². The molecule has 0 aliphatic carbocycles. The van der Waals surface area contributed by atoms with Gasteiger partial charge in [-0.05, 0) is 51.0 Å². The quantitative estimate of drug-likeness (QED) is 0.396. The van der Waals surface area contributed by atoms with Crippen LogP contribution in [0.3, 0.4) is 0 Å². The molecule has 124 valence electrons. The summed E-state index contributed by atoms with van der Waals surface area (Å²) in [5, 5.41) is 3.09. The van der Waals surface area contributed by atoms with Crippen LogP contribution >= 0.6 is 0 Å². The highest BCUT2D eigenvalue weighted by Gasteiger charge is 2.02. The van der Waals surface area contributed by atoms with E-state index >= 15 is 0 Å². The lowest BCUT2D eigenvalue weighted by atomic mass is 10.3. The van der Waals surface area contributed by atoms with E-state index in [9.17, 15) is 0 Å². The van der Waals surface area contributed by atoms with E-state index in [2.05, 4.69) is 29.1 Å². The molecule has 0 saturated carbocycles. The Hall–Kier alpha value is -1.75. The number of aliphatic imine (C=N–C) groups is 1. The Bertz CT molecular complexity index is 442. The molecule has 0 amide bonds. The van der Waals surface area contributed by atoms with Crippen LogP contribution in [0, 0.1) is 0 Å². The Kier molecular flexibility index (Phi) is 9.07. The van der Waals surface area contributed by atoms with Crippen LogP contribution in [0.15, 0.2) is 29.3 Å². The summed E-state index contributed by atoms with van der Waals surface area (Å²) in [4.78, 5) is 6.87. The number of nitrogens with two attached hydrogens (primary N) is 1. The molecule has 1 aromatic carbocycles. The molecular weight excluding hydrogens is 276 g/mol. The summed E-state index contributed by atoms with van der Waals surface area (Å²) in [6.07, 6.45) is 3.42. The van der Waals surface area contributed by atoms with Gasteiger partial charge in [0, 0.05) is 18.3 Å². The molecule has 0 bridgehead atoms. The number of guanidine groups is 1. The standard InChI is InChI=1S/C17H30N4O/c1-4-11-21(12-5-2)13-7-10-19-17(18)20-15-8-6-9-16(14-15)22-3/h6,8-9,14H,4-5,7,10-13H2,1-3H3,(H3,18,19,20).